The largest absolute Gasteiger partial charge is 0.494 e. The third kappa shape index (κ3) is 6.98. The van der Waals surface area contributed by atoms with Crippen LogP contribution in [0.5, 0.6) is 17.2 Å². The number of nitrogens with zero attached hydrogens (tertiary/aromatic N) is 1. The molecule has 34 heavy (non-hydrogen) atoms. The summed E-state index contributed by atoms with van der Waals surface area (Å²) in [6, 6.07) is 20.4. The Bertz CT molecular complexity index is 1220. The lowest BCUT2D eigenvalue weighted by molar-refractivity contribution is -0.112. The Labute approximate surface area is 220 Å². The van der Waals surface area contributed by atoms with Crippen LogP contribution in [-0.2, 0) is 11.4 Å². The van der Waals surface area contributed by atoms with Gasteiger partial charge >= 0.3 is 0 Å². The van der Waals surface area contributed by atoms with Crippen molar-refractivity contribution in [3.63, 3.8) is 0 Å². The molecule has 0 fully saturated rings. The molecule has 8 heteroatoms. The summed E-state index contributed by atoms with van der Waals surface area (Å²) in [5.74, 6) is 1.32. The van der Waals surface area contributed by atoms with Crippen molar-refractivity contribution in [2.24, 2.45) is 0 Å². The third-order valence-corrected chi connectivity index (χ3v) is 5.98. The Balaban J connectivity index is 1.77. The molecule has 1 amide bonds. The average molecular weight is 633 g/mol. The molecule has 0 unspecified atom stereocenters. The first kappa shape index (κ1) is 25.6. The van der Waals surface area contributed by atoms with Gasteiger partial charge in [-0.2, -0.15) is 5.26 Å². The van der Waals surface area contributed by atoms with E-state index < -0.39 is 5.91 Å². The van der Waals surface area contributed by atoms with Crippen LogP contribution in [0.15, 0.2) is 70.7 Å². The lowest BCUT2D eigenvalue weighted by Gasteiger charge is -2.14. The molecule has 174 valence electrons. The van der Waals surface area contributed by atoms with Crippen LogP contribution in [0.25, 0.3) is 6.08 Å². The van der Waals surface area contributed by atoms with E-state index >= 15 is 0 Å². The smallest absolute Gasteiger partial charge is 0.266 e. The molecule has 3 aromatic carbocycles. The minimum absolute atomic E-state index is 0.0322. The predicted molar refractivity (Wildman–Crippen MR) is 144 cm³/mol. The van der Waals surface area contributed by atoms with E-state index in [-0.39, 0.29) is 5.57 Å². The highest BCUT2D eigenvalue weighted by molar-refractivity contribution is 14.1. The lowest BCUT2D eigenvalue weighted by Crippen LogP contribution is -2.13. The molecule has 0 atom stereocenters. The highest BCUT2D eigenvalue weighted by atomic mass is 127. The van der Waals surface area contributed by atoms with Crippen molar-refractivity contribution in [2.45, 2.75) is 13.5 Å². The van der Waals surface area contributed by atoms with Gasteiger partial charge in [0.05, 0.1) is 17.3 Å². The fourth-order valence-electron chi connectivity index (χ4n) is 3.01. The monoisotopic (exact) mass is 632 g/mol. The fourth-order valence-corrected chi connectivity index (χ4v) is 4.06. The highest BCUT2D eigenvalue weighted by Gasteiger charge is 2.14. The van der Waals surface area contributed by atoms with Gasteiger partial charge in [0.2, 0.25) is 0 Å². The van der Waals surface area contributed by atoms with Crippen LogP contribution >= 0.6 is 38.5 Å². The Hall–Kier alpha value is -3.03. The van der Waals surface area contributed by atoms with Gasteiger partial charge in [-0.15, -0.1) is 0 Å². The summed E-state index contributed by atoms with van der Waals surface area (Å²) in [7, 11) is 1.55. The summed E-state index contributed by atoms with van der Waals surface area (Å²) >= 11 is 5.57. The molecule has 0 radical (unpaired) electrons. The average Bonchev–Trinajstić information content (AvgIpc) is 2.84. The molecule has 0 saturated carbocycles. The Kier molecular flexibility index (Phi) is 9.36. The van der Waals surface area contributed by atoms with E-state index in [2.05, 4.69) is 43.8 Å². The zero-order valence-electron chi connectivity index (χ0n) is 18.6. The van der Waals surface area contributed by atoms with E-state index in [0.717, 1.165) is 13.6 Å². The number of hydrogen-bond donors (Lipinski definition) is 1. The lowest BCUT2D eigenvalue weighted by atomic mass is 10.1. The van der Waals surface area contributed by atoms with Gasteiger partial charge in [0.25, 0.3) is 5.91 Å². The second kappa shape index (κ2) is 12.4. The number of methoxy groups -OCH3 is 1. The zero-order chi connectivity index (χ0) is 24.5. The molecule has 6 nitrogen and oxygen atoms in total. The Morgan fingerprint density at radius 2 is 1.82 bits per heavy atom. The maximum atomic E-state index is 12.7. The van der Waals surface area contributed by atoms with E-state index in [1.165, 1.54) is 6.08 Å². The summed E-state index contributed by atoms with van der Waals surface area (Å²) in [6.45, 7) is 2.84. The SMILES string of the molecule is CCOc1ccc(NC(=O)/C(C#N)=C\c2cc(I)c(OCc3ccc(Br)cc3)c(OC)c2)cc1. The molecule has 0 aliphatic rings. The van der Waals surface area contributed by atoms with Crippen molar-refractivity contribution in [3.05, 3.63) is 85.4 Å². The van der Waals surface area contributed by atoms with Gasteiger partial charge in [0.1, 0.15) is 24.0 Å². The molecular weight excluding hydrogens is 611 g/mol. The first-order valence-electron chi connectivity index (χ1n) is 10.3. The number of amides is 1. The topological polar surface area (TPSA) is 80.6 Å². The van der Waals surface area contributed by atoms with E-state index in [1.807, 2.05) is 43.3 Å². The van der Waals surface area contributed by atoms with Crippen LogP contribution in [-0.4, -0.2) is 19.6 Å². The molecule has 3 rings (SSSR count). The molecule has 0 heterocycles. The molecule has 0 spiro atoms. The van der Waals surface area contributed by atoms with Crippen LogP contribution < -0.4 is 19.5 Å². The van der Waals surface area contributed by atoms with E-state index in [0.29, 0.717) is 41.7 Å². The second-order valence-electron chi connectivity index (χ2n) is 7.03. The van der Waals surface area contributed by atoms with Crippen molar-refractivity contribution in [3.8, 4) is 23.3 Å². The first-order valence-corrected chi connectivity index (χ1v) is 12.2. The van der Waals surface area contributed by atoms with Crippen molar-refractivity contribution < 1.29 is 19.0 Å². The van der Waals surface area contributed by atoms with Crippen molar-refractivity contribution >= 4 is 56.2 Å². The van der Waals surface area contributed by atoms with Gasteiger partial charge < -0.3 is 19.5 Å². The molecular formula is C26H22BrIN2O4. The van der Waals surface area contributed by atoms with Crippen molar-refractivity contribution in [1.29, 1.82) is 5.26 Å². The fraction of sp³-hybridized carbons (Fsp3) is 0.154. The number of halogens is 2. The van der Waals surface area contributed by atoms with Crippen LogP contribution in [0.2, 0.25) is 0 Å². The van der Waals surface area contributed by atoms with Gasteiger partial charge in [-0.25, -0.2) is 0 Å². The molecule has 1 N–H and O–H groups in total. The van der Waals surface area contributed by atoms with E-state index in [4.69, 9.17) is 14.2 Å². The molecule has 0 aromatic heterocycles. The van der Waals surface area contributed by atoms with Gasteiger partial charge in [0.15, 0.2) is 11.5 Å². The summed E-state index contributed by atoms with van der Waals surface area (Å²) in [4.78, 5) is 12.7. The van der Waals surface area contributed by atoms with Crippen molar-refractivity contribution in [1.82, 2.24) is 0 Å². The van der Waals surface area contributed by atoms with Crippen LogP contribution in [0, 0.1) is 14.9 Å². The van der Waals surface area contributed by atoms with Gasteiger partial charge in [-0.3, -0.25) is 4.79 Å². The highest BCUT2D eigenvalue weighted by Crippen LogP contribution is 2.35. The van der Waals surface area contributed by atoms with Crippen LogP contribution in [0.4, 0.5) is 5.69 Å². The Morgan fingerprint density at radius 1 is 1.12 bits per heavy atom. The second-order valence-corrected chi connectivity index (χ2v) is 9.11. The van der Waals surface area contributed by atoms with Gasteiger partial charge in [-0.1, -0.05) is 28.1 Å². The summed E-state index contributed by atoms with van der Waals surface area (Å²) in [5.41, 5.74) is 2.20. The molecule has 0 aliphatic carbocycles. The van der Waals surface area contributed by atoms with Crippen molar-refractivity contribution in [2.75, 3.05) is 19.0 Å². The summed E-state index contributed by atoms with van der Waals surface area (Å²) in [5, 5.41) is 12.3. The maximum absolute atomic E-state index is 12.7. The molecule has 0 bridgehead atoms. The number of nitrogens with one attached hydrogen (secondary N) is 1. The van der Waals surface area contributed by atoms with Gasteiger partial charge in [0, 0.05) is 10.2 Å². The van der Waals surface area contributed by atoms with Crippen LogP contribution in [0.1, 0.15) is 18.1 Å². The number of anilines is 1. The third-order valence-electron chi connectivity index (χ3n) is 4.65. The number of hydrogen-bond acceptors (Lipinski definition) is 5. The Morgan fingerprint density at radius 3 is 2.44 bits per heavy atom. The predicted octanol–water partition coefficient (Wildman–Crippen LogP) is 6.59. The molecule has 0 aliphatic heterocycles. The normalized spacial score (nSPS) is 10.9. The number of nitriles is 1. The summed E-state index contributed by atoms with van der Waals surface area (Å²) < 4.78 is 18.7. The molecule has 0 saturated heterocycles. The number of ether oxygens (including phenoxy) is 3. The van der Waals surface area contributed by atoms with Gasteiger partial charge in [-0.05, 0) is 95.2 Å². The van der Waals surface area contributed by atoms with E-state index in [9.17, 15) is 10.1 Å². The zero-order valence-corrected chi connectivity index (χ0v) is 22.3. The number of rotatable bonds is 9. The minimum Gasteiger partial charge on any atom is -0.494 e. The number of carbonyl (C=O) groups is 1. The quantitative estimate of drug-likeness (QED) is 0.164. The first-order chi connectivity index (χ1) is 16.4. The number of carbonyl (C=O) groups excluding carboxylic acids is 1. The summed E-state index contributed by atoms with van der Waals surface area (Å²) in [6.07, 6.45) is 1.52. The minimum atomic E-state index is -0.504. The standard InChI is InChI=1S/C26H22BrIN2O4/c1-3-33-22-10-8-21(9-11-22)30-26(31)19(15-29)12-18-13-23(28)25(24(14-18)32-2)34-16-17-4-6-20(27)7-5-17/h4-14H,3,16H2,1-2H3,(H,30,31)/b19-12-. The van der Waals surface area contributed by atoms with Crippen LogP contribution in [0.3, 0.4) is 0 Å². The molecule has 3 aromatic rings. The maximum Gasteiger partial charge on any atom is 0.266 e. The number of benzene rings is 3. The van der Waals surface area contributed by atoms with E-state index in [1.54, 1.807) is 37.4 Å².